The Bertz CT molecular complexity index is 301. The van der Waals surface area contributed by atoms with E-state index in [0.29, 0.717) is 6.54 Å². The third-order valence-corrected chi connectivity index (χ3v) is 3.46. The quantitative estimate of drug-likeness (QED) is 0.639. The average Bonchev–Trinajstić information content (AvgIpc) is 2.59. The summed E-state index contributed by atoms with van der Waals surface area (Å²) in [6, 6.07) is 1.90. The fourth-order valence-electron chi connectivity index (χ4n) is 0.972. The third-order valence-electron chi connectivity index (χ3n) is 1.67. The van der Waals surface area contributed by atoms with Gasteiger partial charge in [-0.15, -0.1) is 11.3 Å². The van der Waals surface area contributed by atoms with Crippen molar-refractivity contribution in [2.75, 3.05) is 19.6 Å². The number of thiophene rings is 1. The zero-order valence-electron chi connectivity index (χ0n) is 7.97. The van der Waals surface area contributed by atoms with Gasteiger partial charge in [0.25, 0.3) is 5.91 Å². The molecule has 0 atom stereocenters. The molecule has 2 N–H and O–H groups in total. The molecule has 0 bridgehead atoms. The summed E-state index contributed by atoms with van der Waals surface area (Å²) in [7, 11) is 0. The largest absolute Gasteiger partial charge is 0.351 e. The van der Waals surface area contributed by atoms with Gasteiger partial charge >= 0.3 is 0 Å². The summed E-state index contributed by atoms with van der Waals surface area (Å²) in [4.78, 5) is 11.5. The Morgan fingerprint density at radius 1 is 1.57 bits per heavy atom. The first-order valence-corrected chi connectivity index (χ1v) is 6.43. The van der Waals surface area contributed by atoms with Gasteiger partial charge in [0.1, 0.15) is 0 Å². The molecule has 0 aliphatic rings. The number of halogens is 1. The van der Waals surface area contributed by atoms with E-state index in [4.69, 9.17) is 0 Å². The minimum Gasteiger partial charge on any atom is -0.351 e. The Hall–Kier alpha value is -0.140. The second-order valence-electron chi connectivity index (χ2n) is 2.75. The van der Waals surface area contributed by atoms with Crippen LogP contribution in [0.2, 0.25) is 0 Å². The first-order valence-electron chi connectivity index (χ1n) is 4.47. The van der Waals surface area contributed by atoms with Gasteiger partial charge < -0.3 is 10.6 Å². The van der Waals surface area contributed by atoms with E-state index in [1.807, 2.05) is 18.4 Å². The SMILES string of the molecule is CCNCCNC(=O)c1csc(I)c1. The Kier molecular flexibility index (Phi) is 5.42. The monoisotopic (exact) mass is 324 g/mol. The van der Waals surface area contributed by atoms with Crippen molar-refractivity contribution >= 4 is 39.8 Å². The van der Waals surface area contributed by atoms with Crippen LogP contribution in [0.3, 0.4) is 0 Å². The summed E-state index contributed by atoms with van der Waals surface area (Å²) in [5.41, 5.74) is 0.760. The molecule has 0 saturated heterocycles. The maximum Gasteiger partial charge on any atom is 0.252 e. The number of rotatable bonds is 5. The van der Waals surface area contributed by atoms with Crippen molar-refractivity contribution in [1.82, 2.24) is 10.6 Å². The summed E-state index contributed by atoms with van der Waals surface area (Å²) in [5, 5.41) is 7.87. The molecule has 78 valence electrons. The van der Waals surface area contributed by atoms with Gasteiger partial charge in [-0.2, -0.15) is 0 Å². The van der Waals surface area contributed by atoms with Gasteiger partial charge in [0.15, 0.2) is 0 Å². The number of hydrogen-bond acceptors (Lipinski definition) is 3. The smallest absolute Gasteiger partial charge is 0.252 e. The molecule has 1 amide bonds. The van der Waals surface area contributed by atoms with Crippen molar-refractivity contribution < 1.29 is 4.79 Å². The predicted octanol–water partition coefficient (Wildman–Crippen LogP) is 1.69. The molecule has 0 spiro atoms. The molecular weight excluding hydrogens is 311 g/mol. The van der Waals surface area contributed by atoms with Crippen molar-refractivity contribution in [1.29, 1.82) is 0 Å². The Morgan fingerprint density at radius 2 is 2.36 bits per heavy atom. The predicted molar refractivity (Wildman–Crippen MR) is 67.9 cm³/mol. The minimum absolute atomic E-state index is 0.0158. The molecule has 0 radical (unpaired) electrons. The molecule has 0 fully saturated rings. The minimum atomic E-state index is 0.0158. The third kappa shape index (κ3) is 3.93. The fraction of sp³-hybridized carbons (Fsp3) is 0.444. The van der Waals surface area contributed by atoms with Crippen LogP contribution in [0.4, 0.5) is 0 Å². The number of hydrogen-bond donors (Lipinski definition) is 2. The van der Waals surface area contributed by atoms with E-state index in [1.165, 1.54) is 0 Å². The number of carbonyl (C=O) groups is 1. The molecule has 1 aromatic heterocycles. The van der Waals surface area contributed by atoms with Crippen LogP contribution in [-0.4, -0.2) is 25.5 Å². The number of amides is 1. The van der Waals surface area contributed by atoms with Gasteiger partial charge in [0, 0.05) is 18.5 Å². The lowest BCUT2D eigenvalue weighted by atomic mass is 10.3. The van der Waals surface area contributed by atoms with Gasteiger partial charge in [-0.1, -0.05) is 6.92 Å². The van der Waals surface area contributed by atoms with Crippen LogP contribution in [0, 0.1) is 2.88 Å². The Balaban J connectivity index is 2.29. The summed E-state index contributed by atoms with van der Waals surface area (Å²) >= 11 is 3.80. The molecule has 0 unspecified atom stereocenters. The summed E-state index contributed by atoms with van der Waals surface area (Å²) in [6.45, 7) is 4.48. The lowest BCUT2D eigenvalue weighted by Crippen LogP contribution is -2.31. The number of nitrogens with one attached hydrogen (secondary N) is 2. The summed E-state index contributed by atoms with van der Waals surface area (Å²) in [5.74, 6) is 0.0158. The first-order chi connectivity index (χ1) is 6.74. The van der Waals surface area contributed by atoms with E-state index in [-0.39, 0.29) is 5.91 Å². The van der Waals surface area contributed by atoms with E-state index in [2.05, 4.69) is 33.2 Å². The van der Waals surface area contributed by atoms with E-state index < -0.39 is 0 Å². The van der Waals surface area contributed by atoms with Crippen LogP contribution in [-0.2, 0) is 0 Å². The molecule has 0 aliphatic carbocycles. The normalized spacial score (nSPS) is 10.1. The standard InChI is InChI=1S/C9H13IN2OS/c1-2-11-3-4-12-9(13)7-5-8(10)14-6-7/h5-6,11H,2-4H2,1H3,(H,12,13). The van der Waals surface area contributed by atoms with Crippen molar-refractivity contribution in [3.63, 3.8) is 0 Å². The number of likely N-dealkylation sites (N-methyl/N-ethyl adjacent to an activating group) is 1. The highest BCUT2D eigenvalue weighted by atomic mass is 127. The molecule has 5 heteroatoms. The Morgan fingerprint density at radius 3 is 2.93 bits per heavy atom. The lowest BCUT2D eigenvalue weighted by Gasteiger charge is -2.03. The van der Waals surface area contributed by atoms with Crippen molar-refractivity contribution in [2.45, 2.75) is 6.92 Å². The van der Waals surface area contributed by atoms with Crippen molar-refractivity contribution in [2.24, 2.45) is 0 Å². The second kappa shape index (κ2) is 6.36. The van der Waals surface area contributed by atoms with Gasteiger partial charge in [0.05, 0.1) is 8.45 Å². The second-order valence-corrected chi connectivity index (χ2v) is 5.55. The molecule has 0 saturated carbocycles. The molecule has 1 aromatic rings. The molecule has 1 rings (SSSR count). The molecule has 0 aromatic carbocycles. The van der Waals surface area contributed by atoms with Crippen LogP contribution in [0.5, 0.6) is 0 Å². The maximum absolute atomic E-state index is 11.5. The van der Waals surface area contributed by atoms with E-state index >= 15 is 0 Å². The fourth-order valence-corrected chi connectivity index (χ4v) is 2.30. The van der Waals surface area contributed by atoms with Gasteiger partial charge in [-0.3, -0.25) is 4.79 Å². The van der Waals surface area contributed by atoms with Crippen LogP contribution in [0.15, 0.2) is 11.4 Å². The van der Waals surface area contributed by atoms with Crippen LogP contribution >= 0.6 is 33.9 Å². The van der Waals surface area contributed by atoms with Crippen LogP contribution < -0.4 is 10.6 Å². The Labute approximate surface area is 101 Å². The highest BCUT2D eigenvalue weighted by Gasteiger charge is 2.05. The van der Waals surface area contributed by atoms with Gasteiger partial charge in [0.2, 0.25) is 0 Å². The molecule has 1 heterocycles. The summed E-state index contributed by atoms with van der Waals surface area (Å²) < 4.78 is 1.14. The van der Waals surface area contributed by atoms with Crippen molar-refractivity contribution in [3.05, 3.63) is 19.9 Å². The molecule has 14 heavy (non-hydrogen) atoms. The van der Waals surface area contributed by atoms with E-state index in [1.54, 1.807) is 11.3 Å². The number of carbonyl (C=O) groups excluding carboxylic acids is 1. The average molecular weight is 324 g/mol. The zero-order chi connectivity index (χ0) is 10.4. The highest BCUT2D eigenvalue weighted by molar-refractivity contribution is 14.1. The van der Waals surface area contributed by atoms with Crippen LogP contribution in [0.1, 0.15) is 17.3 Å². The topological polar surface area (TPSA) is 41.1 Å². The first kappa shape index (κ1) is 11.9. The lowest BCUT2D eigenvalue weighted by molar-refractivity contribution is 0.0954. The summed E-state index contributed by atoms with van der Waals surface area (Å²) in [6.07, 6.45) is 0. The van der Waals surface area contributed by atoms with E-state index in [9.17, 15) is 4.79 Å². The van der Waals surface area contributed by atoms with Crippen molar-refractivity contribution in [3.8, 4) is 0 Å². The maximum atomic E-state index is 11.5. The van der Waals surface area contributed by atoms with Gasteiger partial charge in [-0.25, -0.2) is 0 Å². The zero-order valence-corrected chi connectivity index (χ0v) is 10.9. The van der Waals surface area contributed by atoms with E-state index in [0.717, 1.165) is 21.5 Å². The molecule has 0 aliphatic heterocycles. The highest BCUT2D eigenvalue weighted by Crippen LogP contribution is 2.16. The molecule has 3 nitrogen and oxygen atoms in total. The van der Waals surface area contributed by atoms with Crippen LogP contribution in [0.25, 0.3) is 0 Å². The van der Waals surface area contributed by atoms with Gasteiger partial charge in [-0.05, 0) is 35.2 Å². The molecular formula is C9H13IN2OS.